The first-order chi connectivity index (χ1) is 9.37. The van der Waals surface area contributed by atoms with Crippen molar-refractivity contribution >= 4 is 23.2 Å². The molecule has 5 heteroatoms. The highest BCUT2D eigenvalue weighted by Crippen LogP contribution is 2.32. The molecule has 0 atom stereocenters. The first kappa shape index (κ1) is 15.0. The molecule has 0 bridgehead atoms. The molecule has 1 N–H and O–H groups in total. The molecule has 1 amide bonds. The summed E-state index contributed by atoms with van der Waals surface area (Å²) in [4.78, 5) is 27.5. The molecular formula is C15H21NO3S. The van der Waals surface area contributed by atoms with Crippen LogP contribution in [-0.2, 0) is 11.2 Å². The van der Waals surface area contributed by atoms with Gasteiger partial charge in [0.25, 0.3) is 5.91 Å². The minimum atomic E-state index is -0.759. The zero-order chi connectivity index (χ0) is 14.9. The van der Waals surface area contributed by atoms with Crippen molar-refractivity contribution in [2.75, 3.05) is 13.1 Å². The zero-order valence-corrected chi connectivity index (χ0v) is 13.0. The number of amides is 1. The fraction of sp³-hybridized carbons (Fsp3) is 0.600. The van der Waals surface area contributed by atoms with Gasteiger partial charge >= 0.3 is 5.97 Å². The second kappa shape index (κ2) is 5.56. The third kappa shape index (κ3) is 2.73. The van der Waals surface area contributed by atoms with Crippen LogP contribution in [0.25, 0.3) is 0 Å². The average Bonchev–Trinajstić information content (AvgIpc) is 2.80. The predicted molar refractivity (Wildman–Crippen MR) is 79.3 cm³/mol. The zero-order valence-electron chi connectivity index (χ0n) is 12.2. The Morgan fingerprint density at radius 3 is 2.45 bits per heavy atom. The number of carboxylic acids is 1. The molecule has 1 saturated heterocycles. The van der Waals surface area contributed by atoms with Crippen molar-refractivity contribution in [2.24, 2.45) is 5.41 Å². The SMILES string of the molecule is CCc1sc(C(=O)N2CCC(C)(C(=O)O)CC2)cc1C. The third-order valence-electron chi connectivity index (χ3n) is 4.22. The van der Waals surface area contributed by atoms with E-state index in [2.05, 4.69) is 6.92 Å². The summed E-state index contributed by atoms with van der Waals surface area (Å²) in [7, 11) is 0. The van der Waals surface area contributed by atoms with Crippen LogP contribution in [0.1, 0.15) is 46.8 Å². The first-order valence-electron chi connectivity index (χ1n) is 6.99. The number of carboxylic acid groups (broad SMARTS) is 1. The second-order valence-corrected chi connectivity index (χ2v) is 6.87. The minimum Gasteiger partial charge on any atom is -0.481 e. The number of hydrogen-bond donors (Lipinski definition) is 1. The van der Waals surface area contributed by atoms with Crippen molar-refractivity contribution in [2.45, 2.75) is 40.0 Å². The number of rotatable bonds is 3. The van der Waals surface area contributed by atoms with Crippen LogP contribution in [0.15, 0.2) is 6.07 Å². The number of carbonyl (C=O) groups is 2. The lowest BCUT2D eigenvalue weighted by molar-refractivity contribution is -0.150. The Morgan fingerprint density at radius 2 is 2.00 bits per heavy atom. The molecule has 20 heavy (non-hydrogen) atoms. The molecule has 110 valence electrons. The molecule has 0 saturated carbocycles. The average molecular weight is 295 g/mol. The van der Waals surface area contributed by atoms with Gasteiger partial charge in [-0.25, -0.2) is 0 Å². The molecule has 4 nitrogen and oxygen atoms in total. The summed E-state index contributed by atoms with van der Waals surface area (Å²) in [6, 6.07) is 1.96. The van der Waals surface area contributed by atoms with Gasteiger partial charge in [-0.2, -0.15) is 0 Å². The maximum atomic E-state index is 12.5. The number of nitrogens with zero attached hydrogens (tertiary/aromatic N) is 1. The molecule has 0 spiro atoms. The van der Waals surface area contributed by atoms with Crippen molar-refractivity contribution in [1.29, 1.82) is 0 Å². The third-order valence-corrected chi connectivity index (χ3v) is 5.59. The number of thiophene rings is 1. The van der Waals surface area contributed by atoms with Gasteiger partial charge in [-0.1, -0.05) is 6.92 Å². The van der Waals surface area contributed by atoms with Crippen molar-refractivity contribution in [1.82, 2.24) is 4.90 Å². The fourth-order valence-electron chi connectivity index (χ4n) is 2.55. The van der Waals surface area contributed by atoms with Gasteiger partial charge in [-0.3, -0.25) is 9.59 Å². The maximum Gasteiger partial charge on any atom is 0.309 e. The largest absolute Gasteiger partial charge is 0.481 e. The van der Waals surface area contributed by atoms with E-state index < -0.39 is 11.4 Å². The summed E-state index contributed by atoms with van der Waals surface area (Å²) in [6.07, 6.45) is 2.00. The van der Waals surface area contributed by atoms with Gasteiger partial charge in [0, 0.05) is 18.0 Å². The van der Waals surface area contributed by atoms with Crippen LogP contribution >= 0.6 is 11.3 Å². The normalized spacial score (nSPS) is 18.1. The number of aryl methyl sites for hydroxylation is 2. The van der Waals surface area contributed by atoms with E-state index >= 15 is 0 Å². The van der Waals surface area contributed by atoms with Crippen molar-refractivity contribution < 1.29 is 14.7 Å². The van der Waals surface area contributed by atoms with E-state index in [1.54, 1.807) is 23.2 Å². The number of hydrogen-bond acceptors (Lipinski definition) is 3. The maximum absolute atomic E-state index is 12.5. The molecule has 1 aliphatic rings. The van der Waals surface area contributed by atoms with E-state index in [-0.39, 0.29) is 5.91 Å². The van der Waals surface area contributed by atoms with Gasteiger partial charge in [-0.15, -0.1) is 11.3 Å². The lowest BCUT2D eigenvalue weighted by atomic mass is 9.80. The summed E-state index contributed by atoms with van der Waals surface area (Å²) in [6.45, 7) is 6.94. The molecule has 1 aliphatic heterocycles. The van der Waals surface area contributed by atoms with Gasteiger partial charge in [0.2, 0.25) is 0 Å². The molecule has 2 heterocycles. The topological polar surface area (TPSA) is 57.6 Å². The summed E-state index contributed by atoms with van der Waals surface area (Å²) in [5, 5.41) is 9.21. The molecule has 0 radical (unpaired) electrons. The summed E-state index contributed by atoms with van der Waals surface area (Å²) in [5.41, 5.74) is 0.490. The van der Waals surface area contributed by atoms with Gasteiger partial charge in [0.15, 0.2) is 0 Å². The van der Waals surface area contributed by atoms with Crippen LogP contribution in [0.2, 0.25) is 0 Å². The Hall–Kier alpha value is -1.36. The lowest BCUT2D eigenvalue weighted by Crippen LogP contribution is -2.45. The van der Waals surface area contributed by atoms with E-state index in [0.717, 1.165) is 11.3 Å². The smallest absolute Gasteiger partial charge is 0.309 e. The standard InChI is InChI=1S/C15H21NO3S/c1-4-11-10(2)9-12(20-11)13(17)16-7-5-15(3,6-8-16)14(18)19/h9H,4-8H2,1-3H3,(H,18,19). The van der Waals surface area contributed by atoms with Crippen molar-refractivity contribution in [3.05, 3.63) is 21.4 Å². The highest BCUT2D eigenvalue weighted by atomic mass is 32.1. The Bertz CT molecular complexity index is 527. The number of piperidine rings is 1. The van der Waals surface area contributed by atoms with Crippen LogP contribution in [0.5, 0.6) is 0 Å². The molecule has 2 rings (SSSR count). The molecule has 0 unspecified atom stereocenters. The molecule has 0 aromatic carbocycles. The Labute approximate surface area is 123 Å². The van der Waals surface area contributed by atoms with Crippen molar-refractivity contribution in [3.8, 4) is 0 Å². The molecule has 1 fully saturated rings. The number of likely N-dealkylation sites (tertiary alicyclic amines) is 1. The number of aliphatic carboxylic acids is 1. The van der Waals surface area contributed by atoms with Crippen LogP contribution in [-0.4, -0.2) is 35.0 Å². The van der Waals surface area contributed by atoms with Gasteiger partial charge in [-0.05, 0) is 44.7 Å². The van der Waals surface area contributed by atoms with Crippen LogP contribution in [0, 0.1) is 12.3 Å². The minimum absolute atomic E-state index is 0.0465. The Morgan fingerprint density at radius 1 is 1.40 bits per heavy atom. The van der Waals surface area contributed by atoms with Crippen molar-refractivity contribution in [3.63, 3.8) is 0 Å². The summed E-state index contributed by atoms with van der Waals surface area (Å²) in [5.74, 6) is -0.713. The second-order valence-electron chi connectivity index (χ2n) is 5.73. The summed E-state index contributed by atoms with van der Waals surface area (Å²) < 4.78 is 0. The van der Waals surface area contributed by atoms with E-state index in [1.807, 2.05) is 13.0 Å². The monoisotopic (exact) mass is 295 g/mol. The molecular weight excluding hydrogens is 274 g/mol. The van der Waals surface area contributed by atoms with E-state index in [1.165, 1.54) is 10.4 Å². The van der Waals surface area contributed by atoms with Gasteiger partial charge in [0.1, 0.15) is 0 Å². The van der Waals surface area contributed by atoms with Crippen LogP contribution < -0.4 is 0 Å². The van der Waals surface area contributed by atoms with Gasteiger partial charge < -0.3 is 10.0 Å². The number of carbonyl (C=O) groups excluding carboxylic acids is 1. The lowest BCUT2D eigenvalue weighted by Gasteiger charge is -2.36. The highest BCUT2D eigenvalue weighted by molar-refractivity contribution is 7.14. The molecule has 1 aromatic rings. The van der Waals surface area contributed by atoms with Gasteiger partial charge in [0.05, 0.1) is 10.3 Å². The van der Waals surface area contributed by atoms with Crippen LogP contribution in [0.3, 0.4) is 0 Å². The Kier molecular flexibility index (Phi) is 4.18. The van der Waals surface area contributed by atoms with E-state index in [9.17, 15) is 14.7 Å². The van der Waals surface area contributed by atoms with E-state index in [4.69, 9.17) is 0 Å². The quantitative estimate of drug-likeness (QED) is 0.932. The molecule has 1 aromatic heterocycles. The molecule has 0 aliphatic carbocycles. The van der Waals surface area contributed by atoms with E-state index in [0.29, 0.717) is 25.9 Å². The highest BCUT2D eigenvalue weighted by Gasteiger charge is 2.38. The first-order valence-corrected chi connectivity index (χ1v) is 7.81. The fourth-order valence-corrected chi connectivity index (χ4v) is 3.63. The Balaban J connectivity index is 2.06. The summed E-state index contributed by atoms with van der Waals surface area (Å²) >= 11 is 1.56. The van der Waals surface area contributed by atoms with Crippen LogP contribution in [0.4, 0.5) is 0 Å². The predicted octanol–water partition coefficient (Wildman–Crippen LogP) is 2.95.